The Kier molecular flexibility index (Phi) is 6.07. The number of ether oxygens (including phenoxy) is 1. The SMILES string of the molecule is O=C(CSc1nnc(-c2cccs2)n1C[C@H]1CCCO1)c1ccccc1Br. The van der Waals surface area contributed by atoms with Crippen LogP contribution in [0.1, 0.15) is 23.2 Å². The molecule has 0 amide bonds. The van der Waals surface area contributed by atoms with Crippen molar-refractivity contribution in [3.8, 4) is 10.7 Å². The molecule has 0 bridgehead atoms. The van der Waals surface area contributed by atoms with Crippen molar-refractivity contribution < 1.29 is 9.53 Å². The molecule has 0 radical (unpaired) electrons. The zero-order valence-corrected chi connectivity index (χ0v) is 17.7. The molecule has 3 aromatic rings. The minimum atomic E-state index is 0.0665. The van der Waals surface area contributed by atoms with Crippen molar-refractivity contribution in [3.63, 3.8) is 0 Å². The first kappa shape index (κ1) is 18.9. The van der Waals surface area contributed by atoms with Crippen LogP contribution in [0.25, 0.3) is 10.7 Å². The number of rotatable bonds is 7. The molecular weight excluding hydrogens is 446 g/mol. The first-order chi connectivity index (χ1) is 13.2. The van der Waals surface area contributed by atoms with Gasteiger partial charge in [0.15, 0.2) is 16.8 Å². The van der Waals surface area contributed by atoms with Crippen LogP contribution < -0.4 is 0 Å². The summed E-state index contributed by atoms with van der Waals surface area (Å²) >= 11 is 6.51. The average molecular weight is 464 g/mol. The second kappa shape index (κ2) is 8.68. The summed E-state index contributed by atoms with van der Waals surface area (Å²) in [5.41, 5.74) is 0.689. The fourth-order valence-electron chi connectivity index (χ4n) is 3.04. The van der Waals surface area contributed by atoms with E-state index < -0.39 is 0 Å². The van der Waals surface area contributed by atoms with E-state index in [9.17, 15) is 4.79 Å². The molecule has 2 aromatic heterocycles. The fraction of sp³-hybridized carbons (Fsp3) is 0.316. The number of nitrogens with zero attached hydrogens (tertiary/aromatic N) is 3. The van der Waals surface area contributed by atoms with Crippen molar-refractivity contribution in [1.29, 1.82) is 0 Å². The molecule has 0 unspecified atom stereocenters. The Labute approximate surface area is 174 Å². The van der Waals surface area contributed by atoms with Crippen molar-refractivity contribution in [2.75, 3.05) is 12.4 Å². The summed E-state index contributed by atoms with van der Waals surface area (Å²) in [4.78, 5) is 13.7. The number of thiophene rings is 1. The summed E-state index contributed by atoms with van der Waals surface area (Å²) < 4.78 is 8.72. The van der Waals surface area contributed by atoms with Crippen molar-refractivity contribution in [3.05, 3.63) is 51.8 Å². The third-order valence-corrected chi connectivity index (χ3v) is 6.90. The third kappa shape index (κ3) is 4.34. The number of aromatic nitrogens is 3. The van der Waals surface area contributed by atoms with Crippen LogP contribution in [-0.4, -0.2) is 39.0 Å². The first-order valence-electron chi connectivity index (χ1n) is 8.71. The number of ketones is 1. The Morgan fingerprint density at radius 3 is 2.93 bits per heavy atom. The van der Waals surface area contributed by atoms with E-state index in [1.54, 1.807) is 11.3 Å². The largest absolute Gasteiger partial charge is 0.376 e. The number of carbonyl (C=O) groups is 1. The fourth-order valence-corrected chi connectivity index (χ4v) is 5.09. The Morgan fingerprint density at radius 1 is 1.30 bits per heavy atom. The van der Waals surface area contributed by atoms with Gasteiger partial charge in [0, 0.05) is 16.6 Å². The predicted molar refractivity (Wildman–Crippen MR) is 112 cm³/mol. The lowest BCUT2D eigenvalue weighted by Gasteiger charge is -2.14. The van der Waals surface area contributed by atoms with E-state index in [1.807, 2.05) is 41.8 Å². The highest BCUT2D eigenvalue weighted by molar-refractivity contribution is 9.10. The van der Waals surface area contributed by atoms with Crippen molar-refractivity contribution in [1.82, 2.24) is 14.8 Å². The van der Waals surface area contributed by atoms with Gasteiger partial charge in [-0.3, -0.25) is 9.36 Å². The zero-order valence-electron chi connectivity index (χ0n) is 14.5. The number of benzene rings is 1. The standard InChI is InChI=1S/C19H18BrN3O2S2/c20-15-7-2-1-6-14(15)16(24)12-27-19-22-21-18(17-8-4-10-26-17)23(19)11-13-5-3-9-25-13/h1-2,4,6-8,10,13H,3,5,9,11-12H2/t13-/m1/s1. The van der Waals surface area contributed by atoms with Crippen LogP contribution in [0, 0.1) is 0 Å². The zero-order chi connectivity index (χ0) is 18.6. The maximum atomic E-state index is 12.6. The minimum absolute atomic E-state index is 0.0665. The van der Waals surface area contributed by atoms with Gasteiger partial charge < -0.3 is 4.74 Å². The van der Waals surface area contributed by atoms with Crippen molar-refractivity contribution in [2.45, 2.75) is 30.6 Å². The van der Waals surface area contributed by atoms with Gasteiger partial charge in [-0.05, 0) is 30.4 Å². The van der Waals surface area contributed by atoms with Gasteiger partial charge >= 0.3 is 0 Å². The lowest BCUT2D eigenvalue weighted by molar-refractivity contribution is 0.0953. The summed E-state index contributed by atoms with van der Waals surface area (Å²) in [7, 11) is 0. The third-order valence-electron chi connectivity index (χ3n) is 4.38. The van der Waals surface area contributed by atoms with Crippen molar-refractivity contribution in [2.24, 2.45) is 0 Å². The topological polar surface area (TPSA) is 57.0 Å². The Hall–Kier alpha value is -1.48. The van der Waals surface area contributed by atoms with Crippen LogP contribution in [0.4, 0.5) is 0 Å². The molecule has 1 atom stereocenters. The molecule has 5 nitrogen and oxygen atoms in total. The first-order valence-corrected chi connectivity index (χ1v) is 11.4. The van der Waals surface area contributed by atoms with Crippen LogP contribution in [0.15, 0.2) is 51.4 Å². The smallest absolute Gasteiger partial charge is 0.192 e. The highest BCUT2D eigenvalue weighted by Gasteiger charge is 2.23. The number of halogens is 1. The number of hydrogen-bond acceptors (Lipinski definition) is 6. The molecule has 0 saturated carbocycles. The van der Waals surface area contributed by atoms with E-state index in [-0.39, 0.29) is 11.9 Å². The Balaban J connectivity index is 1.55. The minimum Gasteiger partial charge on any atom is -0.376 e. The van der Waals surface area contributed by atoms with Gasteiger partial charge in [-0.2, -0.15) is 0 Å². The summed E-state index contributed by atoms with van der Waals surface area (Å²) in [6.45, 7) is 1.52. The molecule has 3 heterocycles. The second-order valence-corrected chi connectivity index (χ2v) is 8.97. The van der Waals surface area contributed by atoms with Gasteiger partial charge in [0.2, 0.25) is 0 Å². The average Bonchev–Trinajstić information content (AvgIpc) is 3.43. The van der Waals surface area contributed by atoms with Crippen LogP contribution in [0.3, 0.4) is 0 Å². The maximum Gasteiger partial charge on any atom is 0.192 e. The van der Waals surface area contributed by atoms with E-state index in [2.05, 4.69) is 30.7 Å². The van der Waals surface area contributed by atoms with Gasteiger partial charge in [0.05, 0.1) is 23.3 Å². The number of thioether (sulfide) groups is 1. The molecular formula is C19H18BrN3O2S2. The van der Waals surface area contributed by atoms with Gasteiger partial charge in [-0.1, -0.05) is 52.0 Å². The molecule has 1 aliphatic heterocycles. The van der Waals surface area contributed by atoms with Crippen LogP contribution in [0.5, 0.6) is 0 Å². The molecule has 27 heavy (non-hydrogen) atoms. The number of carbonyl (C=O) groups excluding carboxylic acids is 1. The molecule has 1 aromatic carbocycles. The highest BCUT2D eigenvalue weighted by atomic mass is 79.9. The lowest BCUT2D eigenvalue weighted by atomic mass is 10.1. The van der Waals surface area contributed by atoms with E-state index >= 15 is 0 Å². The quantitative estimate of drug-likeness (QED) is 0.367. The maximum absolute atomic E-state index is 12.6. The number of hydrogen-bond donors (Lipinski definition) is 0. The Morgan fingerprint density at radius 2 is 2.19 bits per heavy atom. The molecule has 0 N–H and O–H groups in total. The monoisotopic (exact) mass is 463 g/mol. The van der Waals surface area contributed by atoms with E-state index in [4.69, 9.17) is 4.74 Å². The molecule has 0 spiro atoms. The van der Waals surface area contributed by atoms with Gasteiger partial charge in [0.1, 0.15) is 0 Å². The molecule has 8 heteroatoms. The van der Waals surface area contributed by atoms with E-state index in [1.165, 1.54) is 11.8 Å². The lowest BCUT2D eigenvalue weighted by Crippen LogP contribution is -2.17. The summed E-state index contributed by atoms with van der Waals surface area (Å²) in [6.07, 6.45) is 2.31. The van der Waals surface area contributed by atoms with Gasteiger partial charge in [-0.15, -0.1) is 21.5 Å². The second-order valence-electron chi connectivity index (χ2n) is 6.22. The highest BCUT2D eigenvalue weighted by Crippen LogP contribution is 2.29. The van der Waals surface area contributed by atoms with E-state index in [0.29, 0.717) is 17.9 Å². The molecule has 4 rings (SSSR count). The summed E-state index contributed by atoms with van der Waals surface area (Å²) in [6, 6.07) is 11.5. The molecule has 0 aliphatic carbocycles. The van der Waals surface area contributed by atoms with Crippen LogP contribution in [-0.2, 0) is 11.3 Å². The molecule has 1 saturated heterocycles. The summed E-state index contributed by atoms with van der Waals surface area (Å²) in [5, 5.41) is 11.6. The number of Topliss-reactive ketones (excluding diaryl/α,β-unsaturated/α-hetero) is 1. The predicted octanol–water partition coefficient (Wildman–Crippen LogP) is 4.92. The van der Waals surface area contributed by atoms with Crippen LogP contribution >= 0.6 is 39.0 Å². The molecule has 1 fully saturated rings. The molecule has 140 valence electrons. The normalized spacial score (nSPS) is 16.7. The van der Waals surface area contributed by atoms with Gasteiger partial charge in [-0.25, -0.2) is 0 Å². The van der Waals surface area contributed by atoms with Crippen molar-refractivity contribution >= 4 is 44.8 Å². The van der Waals surface area contributed by atoms with Gasteiger partial charge in [0.25, 0.3) is 0 Å². The van der Waals surface area contributed by atoms with Crippen LogP contribution in [0.2, 0.25) is 0 Å². The Bertz CT molecular complexity index is 921. The molecule has 1 aliphatic rings. The summed E-state index contributed by atoms with van der Waals surface area (Å²) in [5.74, 6) is 1.23. The van der Waals surface area contributed by atoms with E-state index in [0.717, 1.165) is 39.8 Å².